The van der Waals surface area contributed by atoms with Gasteiger partial charge in [0.1, 0.15) is 0 Å². The van der Waals surface area contributed by atoms with Gasteiger partial charge in [0.15, 0.2) is 6.29 Å². The van der Waals surface area contributed by atoms with Gasteiger partial charge in [0.25, 0.3) is 0 Å². The van der Waals surface area contributed by atoms with Gasteiger partial charge in [-0.05, 0) is 32.3 Å². The molecule has 2 nitrogen and oxygen atoms in total. The topological polar surface area (TPSA) is 18.5 Å². The molecule has 0 aromatic rings. The zero-order valence-corrected chi connectivity index (χ0v) is 8.74. The molecule has 2 rings (SSSR count). The molecule has 1 saturated heterocycles. The molecule has 1 heterocycles. The van der Waals surface area contributed by atoms with Crippen molar-refractivity contribution in [2.24, 2.45) is 5.41 Å². The molecule has 0 aromatic heterocycles. The highest BCUT2D eigenvalue weighted by atomic mass is 16.7. The van der Waals surface area contributed by atoms with E-state index in [1.807, 2.05) is 19.1 Å². The van der Waals surface area contributed by atoms with Crippen molar-refractivity contribution < 1.29 is 9.47 Å². The van der Waals surface area contributed by atoms with Gasteiger partial charge in [0.2, 0.25) is 0 Å². The monoisotopic (exact) mass is 194 g/mol. The van der Waals surface area contributed by atoms with E-state index >= 15 is 0 Å². The van der Waals surface area contributed by atoms with Crippen molar-refractivity contribution in [3.63, 3.8) is 0 Å². The lowest BCUT2D eigenvalue weighted by Crippen LogP contribution is -2.41. The van der Waals surface area contributed by atoms with E-state index in [2.05, 4.69) is 12.2 Å². The second kappa shape index (κ2) is 4.28. The molecule has 0 N–H and O–H groups in total. The first-order valence-electron chi connectivity index (χ1n) is 5.36. The summed E-state index contributed by atoms with van der Waals surface area (Å²) in [6.45, 7) is 3.67. The summed E-state index contributed by atoms with van der Waals surface area (Å²) in [5.74, 6) is 0. The first-order valence-corrected chi connectivity index (χ1v) is 5.36. The molecular weight excluding hydrogens is 176 g/mol. The SMILES string of the molecule is CC=CC1OCC2(CC=CCC2)CO1. The van der Waals surface area contributed by atoms with Crippen LogP contribution < -0.4 is 0 Å². The molecule has 0 bridgehead atoms. The molecule has 0 unspecified atom stereocenters. The van der Waals surface area contributed by atoms with Gasteiger partial charge in [0.05, 0.1) is 13.2 Å². The molecule has 0 saturated carbocycles. The molecule has 0 atom stereocenters. The minimum atomic E-state index is -0.114. The predicted molar refractivity (Wildman–Crippen MR) is 55.9 cm³/mol. The Kier molecular flexibility index (Phi) is 3.04. The first-order chi connectivity index (χ1) is 6.85. The third kappa shape index (κ3) is 2.07. The molecule has 78 valence electrons. The second-order valence-corrected chi connectivity index (χ2v) is 4.23. The number of rotatable bonds is 1. The Morgan fingerprint density at radius 1 is 1.29 bits per heavy atom. The van der Waals surface area contributed by atoms with Crippen LogP contribution in [0.15, 0.2) is 24.3 Å². The highest BCUT2D eigenvalue weighted by Crippen LogP contribution is 2.36. The quantitative estimate of drug-likeness (QED) is 0.597. The van der Waals surface area contributed by atoms with Crippen LogP contribution in [0, 0.1) is 5.41 Å². The summed E-state index contributed by atoms with van der Waals surface area (Å²) in [6.07, 6.45) is 11.8. The van der Waals surface area contributed by atoms with Crippen LogP contribution in [0.2, 0.25) is 0 Å². The average molecular weight is 194 g/mol. The van der Waals surface area contributed by atoms with Crippen molar-refractivity contribution in [1.29, 1.82) is 0 Å². The fraction of sp³-hybridized carbons (Fsp3) is 0.667. The van der Waals surface area contributed by atoms with Crippen LogP contribution in [0.3, 0.4) is 0 Å². The van der Waals surface area contributed by atoms with Crippen molar-refractivity contribution >= 4 is 0 Å². The van der Waals surface area contributed by atoms with E-state index in [0.29, 0.717) is 0 Å². The van der Waals surface area contributed by atoms with Crippen LogP contribution >= 0.6 is 0 Å². The minimum Gasteiger partial charge on any atom is -0.348 e. The summed E-state index contributed by atoms with van der Waals surface area (Å²) in [5, 5.41) is 0. The minimum absolute atomic E-state index is 0.114. The van der Waals surface area contributed by atoms with Crippen LogP contribution in [-0.2, 0) is 9.47 Å². The highest BCUT2D eigenvalue weighted by molar-refractivity contribution is 4.99. The van der Waals surface area contributed by atoms with Gasteiger partial charge in [-0.3, -0.25) is 0 Å². The Bertz CT molecular complexity index is 235. The van der Waals surface area contributed by atoms with Crippen LogP contribution in [0.4, 0.5) is 0 Å². The zero-order chi connectivity index (χ0) is 9.86. The Balaban J connectivity index is 1.91. The highest BCUT2D eigenvalue weighted by Gasteiger charge is 2.35. The van der Waals surface area contributed by atoms with Crippen LogP contribution in [-0.4, -0.2) is 19.5 Å². The molecule has 1 aliphatic carbocycles. The third-order valence-corrected chi connectivity index (χ3v) is 3.02. The Hall–Kier alpha value is -0.600. The van der Waals surface area contributed by atoms with Crippen molar-refractivity contribution in [3.8, 4) is 0 Å². The van der Waals surface area contributed by atoms with Crippen LogP contribution in [0.5, 0.6) is 0 Å². The summed E-state index contributed by atoms with van der Waals surface area (Å²) >= 11 is 0. The zero-order valence-electron chi connectivity index (χ0n) is 8.74. The van der Waals surface area contributed by atoms with E-state index in [-0.39, 0.29) is 11.7 Å². The van der Waals surface area contributed by atoms with Gasteiger partial charge in [-0.25, -0.2) is 0 Å². The molecule has 14 heavy (non-hydrogen) atoms. The van der Waals surface area contributed by atoms with Crippen molar-refractivity contribution in [1.82, 2.24) is 0 Å². The Morgan fingerprint density at radius 2 is 2.07 bits per heavy atom. The summed E-state index contributed by atoms with van der Waals surface area (Å²) in [6, 6.07) is 0. The van der Waals surface area contributed by atoms with E-state index < -0.39 is 0 Å². The number of allylic oxidation sites excluding steroid dienone is 3. The second-order valence-electron chi connectivity index (χ2n) is 4.23. The Labute approximate surface area is 85.6 Å². The number of hydrogen-bond acceptors (Lipinski definition) is 2. The van der Waals surface area contributed by atoms with E-state index in [0.717, 1.165) is 19.6 Å². The molecule has 1 aliphatic heterocycles. The fourth-order valence-corrected chi connectivity index (χ4v) is 2.08. The smallest absolute Gasteiger partial charge is 0.176 e. The lowest BCUT2D eigenvalue weighted by Gasteiger charge is -2.40. The number of hydrogen-bond donors (Lipinski definition) is 0. The predicted octanol–water partition coefficient (Wildman–Crippen LogP) is 2.66. The molecule has 0 aromatic carbocycles. The maximum Gasteiger partial charge on any atom is 0.176 e. The van der Waals surface area contributed by atoms with Gasteiger partial charge in [0, 0.05) is 5.41 Å². The van der Waals surface area contributed by atoms with E-state index in [1.165, 1.54) is 12.8 Å². The summed E-state index contributed by atoms with van der Waals surface area (Å²) < 4.78 is 11.3. The molecule has 2 heteroatoms. The van der Waals surface area contributed by atoms with Gasteiger partial charge in [-0.1, -0.05) is 18.2 Å². The molecule has 0 radical (unpaired) electrons. The van der Waals surface area contributed by atoms with Crippen LogP contribution in [0.1, 0.15) is 26.2 Å². The lowest BCUT2D eigenvalue weighted by molar-refractivity contribution is -0.208. The Morgan fingerprint density at radius 3 is 2.64 bits per heavy atom. The van der Waals surface area contributed by atoms with Crippen molar-refractivity contribution in [2.75, 3.05) is 13.2 Å². The molecule has 1 fully saturated rings. The van der Waals surface area contributed by atoms with E-state index in [4.69, 9.17) is 9.47 Å². The maximum atomic E-state index is 5.67. The number of ether oxygens (including phenoxy) is 2. The average Bonchev–Trinajstić information content (AvgIpc) is 2.24. The first kappa shape index (κ1) is 9.94. The maximum absolute atomic E-state index is 5.67. The molecule has 1 spiro atoms. The van der Waals surface area contributed by atoms with Gasteiger partial charge >= 0.3 is 0 Å². The van der Waals surface area contributed by atoms with E-state index in [1.54, 1.807) is 0 Å². The van der Waals surface area contributed by atoms with Gasteiger partial charge in [-0.2, -0.15) is 0 Å². The standard InChI is InChI=1S/C12H18O2/c1-2-6-11-13-9-12(10-14-11)7-4-3-5-8-12/h2-4,6,11H,5,7-10H2,1H3. The third-order valence-electron chi connectivity index (χ3n) is 3.02. The lowest BCUT2D eigenvalue weighted by atomic mass is 9.78. The van der Waals surface area contributed by atoms with Crippen LogP contribution in [0.25, 0.3) is 0 Å². The molecular formula is C12H18O2. The molecule has 0 amide bonds. The summed E-state index contributed by atoms with van der Waals surface area (Å²) in [4.78, 5) is 0. The fourth-order valence-electron chi connectivity index (χ4n) is 2.08. The van der Waals surface area contributed by atoms with Crippen molar-refractivity contribution in [3.05, 3.63) is 24.3 Å². The van der Waals surface area contributed by atoms with Gasteiger partial charge < -0.3 is 9.47 Å². The molecule has 2 aliphatic rings. The summed E-state index contributed by atoms with van der Waals surface area (Å²) in [5.41, 5.74) is 0.271. The normalized spacial score (nSPS) is 38.2. The largest absolute Gasteiger partial charge is 0.348 e. The van der Waals surface area contributed by atoms with Gasteiger partial charge in [-0.15, -0.1) is 0 Å². The van der Waals surface area contributed by atoms with E-state index in [9.17, 15) is 0 Å². The summed E-state index contributed by atoms with van der Waals surface area (Å²) in [7, 11) is 0. The van der Waals surface area contributed by atoms with Crippen molar-refractivity contribution in [2.45, 2.75) is 32.5 Å².